The van der Waals surface area contributed by atoms with E-state index in [1.807, 2.05) is 0 Å². The first kappa shape index (κ1) is 30.6. The van der Waals surface area contributed by atoms with Crippen molar-refractivity contribution in [3.05, 3.63) is 85.6 Å². The Bertz CT molecular complexity index is 1650. The second-order valence-electron chi connectivity index (χ2n) is 8.83. The van der Waals surface area contributed by atoms with Crippen LogP contribution in [0.2, 0.25) is 15.2 Å². The second-order valence-corrected chi connectivity index (χ2v) is 10.0. The number of rotatable bonds is 8. The fraction of sp³-hybridized carbons (Fsp3) is 0.280. The van der Waals surface area contributed by atoms with Gasteiger partial charge in [0.25, 0.3) is 0 Å². The molecule has 0 fully saturated rings. The zero-order chi connectivity index (χ0) is 30.2. The van der Waals surface area contributed by atoms with Crippen LogP contribution in [-0.4, -0.2) is 47.3 Å². The van der Waals surface area contributed by atoms with Gasteiger partial charge in [0.05, 0.1) is 29.5 Å². The maximum atomic E-state index is 13.7. The molecule has 9 nitrogen and oxygen atoms in total. The monoisotopic (exact) mass is 635 g/mol. The lowest BCUT2D eigenvalue weighted by Gasteiger charge is -2.16. The summed E-state index contributed by atoms with van der Waals surface area (Å²) in [5.41, 5.74) is -0.669. The maximum Gasteiger partial charge on any atom is 0.416 e. The highest BCUT2D eigenvalue weighted by Gasteiger charge is 2.39. The van der Waals surface area contributed by atoms with Gasteiger partial charge in [-0.3, -0.25) is 13.9 Å². The highest BCUT2D eigenvalue weighted by atomic mass is 35.5. The molecule has 2 aromatic carbocycles. The summed E-state index contributed by atoms with van der Waals surface area (Å²) < 4.78 is 61.4. The summed E-state index contributed by atoms with van der Waals surface area (Å²) in [4.78, 5) is 29.3. The van der Waals surface area contributed by atoms with Gasteiger partial charge < -0.3 is 9.84 Å². The Morgan fingerprint density at radius 3 is 2.34 bits per heavy atom. The summed E-state index contributed by atoms with van der Waals surface area (Å²) in [6.07, 6.45) is -8.85. The van der Waals surface area contributed by atoms with Crippen LogP contribution >= 0.6 is 34.8 Å². The van der Waals surface area contributed by atoms with E-state index in [4.69, 9.17) is 39.5 Å². The van der Waals surface area contributed by atoms with E-state index in [0.717, 1.165) is 16.7 Å². The molecule has 0 saturated heterocycles. The molecule has 16 heteroatoms. The van der Waals surface area contributed by atoms with Crippen LogP contribution in [0.25, 0.3) is 16.9 Å². The van der Waals surface area contributed by atoms with Crippen molar-refractivity contribution >= 4 is 40.8 Å². The van der Waals surface area contributed by atoms with E-state index in [-0.39, 0.29) is 38.8 Å². The van der Waals surface area contributed by atoms with E-state index in [1.54, 1.807) is 0 Å². The van der Waals surface area contributed by atoms with E-state index >= 15 is 0 Å². The molecule has 0 bridgehead atoms. The molecule has 2 heterocycles. The first-order valence-corrected chi connectivity index (χ1v) is 12.9. The number of imidazole rings is 1. The zero-order valence-corrected chi connectivity index (χ0v) is 23.4. The molecule has 2 atom stereocenters. The second kappa shape index (κ2) is 11.8. The number of carbonyl (C=O) groups excluding carboxylic acids is 1. The topological polar surface area (TPSA) is 104 Å². The van der Waals surface area contributed by atoms with Crippen molar-refractivity contribution in [2.45, 2.75) is 45.3 Å². The fourth-order valence-corrected chi connectivity index (χ4v) is 4.72. The van der Waals surface area contributed by atoms with E-state index in [1.165, 1.54) is 48.9 Å². The molecule has 1 N–H and O–H groups in total. The van der Waals surface area contributed by atoms with Crippen LogP contribution in [0, 0.1) is 5.82 Å². The molecule has 218 valence electrons. The summed E-state index contributed by atoms with van der Waals surface area (Å²) in [6.45, 7) is 1.09. The van der Waals surface area contributed by atoms with E-state index < -0.39 is 49.0 Å². The van der Waals surface area contributed by atoms with E-state index in [0.29, 0.717) is 9.59 Å². The number of aliphatic hydroxyl groups excluding tert-OH is 1. The van der Waals surface area contributed by atoms with Crippen molar-refractivity contribution in [2.75, 3.05) is 0 Å². The van der Waals surface area contributed by atoms with Gasteiger partial charge in [0, 0.05) is 17.5 Å². The van der Waals surface area contributed by atoms with Crippen LogP contribution in [0.15, 0.2) is 47.3 Å². The quantitative estimate of drug-likeness (QED) is 0.200. The summed E-state index contributed by atoms with van der Waals surface area (Å²) in [5, 5.41) is 14.1. The van der Waals surface area contributed by atoms with Gasteiger partial charge in [-0.15, -0.1) is 5.10 Å². The fourth-order valence-electron chi connectivity index (χ4n) is 4.00. The van der Waals surface area contributed by atoms with Crippen LogP contribution in [0.1, 0.15) is 31.6 Å². The molecule has 4 aromatic rings. The molecule has 0 aliphatic rings. The number of esters is 1. The normalized spacial score (nSPS) is 13.3. The third-order valence-corrected chi connectivity index (χ3v) is 6.77. The first-order chi connectivity index (χ1) is 19.2. The van der Waals surface area contributed by atoms with Gasteiger partial charge >= 0.3 is 17.8 Å². The highest BCUT2D eigenvalue weighted by molar-refractivity contribution is 6.32. The largest absolute Gasteiger partial charge is 0.455 e. The Balaban J connectivity index is 1.85. The average molecular weight is 637 g/mol. The van der Waals surface area contributed by atoms with Gasteiger partial charge in [-0.25, -0.2) is 18.9 Å². The van der Waals surface area contributed by atoms with Crippen molar-refractivity contribution in [2.24, 2.45) is 0 Å². The zero-order valence-electron chi connectivity index (χ0n) is 21.2. The first-order valence-electron chi connectivity index (χ1n) is 11.7. The van der Waals surface area contributed by atoms with Crippen LogP contribution in [0.5, 0.6) is 0 Å². The van der Waals surface area contributed by atoms with E-state index in [2.05, 4.69) is 10.1 Å². The number of alkyl halides is 3. The van der Waals surface area contributed by atoms with Crippen LogP contribution < -0.4 is 5.69 Å². The minimum Gasteiger partial charge on any atom is -0.455 e. The molecule has 0 saturated carbocycles. The number of aromatic nitrogens is 5. The number of ether oxygens (including phenoxy) is 1. The molecular weight excluding hydrogens is 617 g/mol. The Morgan fingerprint density at radius 1 is 1.10 bits per heavy atom. The molecule has 0 amide bonds. The summed E-state index contributed by atoms with van der Waals surface area (Å²) in [6, 6.07) is 9.28. The van der Waals surface area contributed by atoms with Crippen molar-refractivity contribution in [3.8, 4) is 16.9 Å². The maximum absolute atomic E-state index is 13.7. The molecule has 0 aliphatic heterocycles. The molecule has 0 unspecified atom stereocenters. The van der Waals surface area contributed by atoms with Gasteiger partial charge in [-0.2, -0.15) is 13.2 Å². The molecule has 2 aromatic heterocycles. The van der Waals surface area contributed by atoms with Crippen LogP contribution in [0.3, 0.4) is 0 Å². The van der Waals surface area contributed by atoms with E-state index in [9.17, 15) is 32.3 Å². The van der Waals surface area contributed by atoms with Gasteiger partial charge in [0.15, 0.2) is 23.9 Å². The summed E-state index contributed by atoms with van der Waals surface area (Å²) in [5.74, 6) is -1.27. The standard InChI is InChI=1S/C25H20Cl3F4N5O4/c1-12(41-13(2)38)23-33-20(34-37(23)18-8-7-16(29)9-17(18)27)11-36-22(28)21(14-3-5-15(26)6-4-14)35(24(36)40)10-19(39)25(30,31)32/h3-9,12,19,39H,10-11H2,1-2H3/t12-,19-/m0/s1. The van der Waals surface area contributed by atoms with Gasteiger partial charge in [0.2, 0.25) is 0 Å². The third-order valence-electron chi connectivity index (χ3n) is 5.83. The lowest BCUT2D eigenvalue weighted by atomic mass is 10.1. The Morgan fingerprint density at radius 2 is 1.76 bits per heavy atom. The van der Waals surface area contributed by atoms with Gasteiger partial charge in [-0.05, 0) is 37.3 Å². The summed E-state index contributed by atoms with van der Waals surface area (Å²) in [7, 11) is 0. The molecule has 4 rings (SSSR count). The predicted molar refractivity (Wildman–Crippen MR) is 142 cm³/mol. The average Bonchev–Trinajstić information content (AvgIpc) is 3.39. The SMILES string of the molecule is CC(=O)O[C@@H](C)c1nc(Cn2c(Cl)c(-c3ccc(Cl)cc3)n(C[C@H](O)C(F)(F)F)c2=O)nn1-c1ccc(F)cc1Cl. The van der Waals surface area contributed by atoms with Crippen molar-refractivity contribution in [3.63, 3.8) is 0 Å². The molecular formula is C25H20Cl3F4N5O4. The predicted octanol–water partition coefficient (Wildman–Crippen LogP) is 5.59. The highest BCUT2D eigenvalue weighted by Crippen LogP contribution is 2.31. The number of benzene rings is 2. The van der Waals surface area contributed by atoms with Gasteiger partial charge in [-0.1, -0.05) is 46.9 Å². The minimum atomic E-state index is -5.01. The minimum absolute atomic E-state index is 0.0507. The Labute approximate surface area is 244 Å². The van der Waals surface area contributed by atoms with Crippen LogP contribution in [0.4, 0.5) is 17.6 Å². The Kier molecular flexibility index (Phi) is 8.83. The number of aliphatic hydroxyl groups is 1. The van der Waals surface area contributed by atoms with Crippen molar-refractivity contribution < 1.29 is 32.2 Å². The number of hydrogen-bond donors (Lipinski definition) is 1. The Hall–Kier alpha value is -3.39. The number of hydrogen-bond acceptors (Lipinski definition) is 6. The van der Waals surface area contributed by atoms with Crippen LogP contribution in [-0.2, 0) is 22.6 Å². The smallest absolute Gasteiger partial charge is 0.416 e. The lowest BCUT2D eigenvalue weighted by Crippen LogP contribution is -2.37. The number of carbonyl (C=O) groups is 1. The van der Waals surface area contributed by atoms with Crippen molar-refractivity contribution in [1.82, 2.24) is 23.9 Å². The van der Waals surface area contributed by atoms with Gasteiger partial charge in [0.1, 0.15) is 11.0 Å². The third kappa shape index (κ3) is 6.58. The molecule has 0 spiro atoms. The van der Waals surface area contributed by atoms with Crippen molar-refractivity contribution in [1.29, 1.82) is 0 Å². The molecule has 0 radical (unpaired) electrons. The summed E-state index contributed by atoms with van der Waals surface area (Å²) >= 11 is 18.7. The number of nitrogens with zero attached hydrogens (tertiary/aromatic N) is 5. The number of halogens is 7. The molecule has 41 heavy (non-hydrogen) atoms. The molecule has 0 aliphatic carbocycles. The lowest BCUT2D eigenvalue weighted by molar-refractivity contribution is -0.207.